The number of benzene rings is 2. The van der Waals surface area contributed by atoms with Gasteiger partial charge in [-0.25, -0.2) is 18.4 Å². The fraction of sp³-hybridized carbons (Fsp3) is 0.357. The molecule has 43 heavy (non-hydrogen) atoms. The Hall–Kier alpha value is -4.18. The maximum atomic E-state index is 15.3. The lowest BCUT2D eigenvalue weighted by Gasteiger charge is -2.27. The second kappa shape index (κ2) is 11.8. The number of carbonyl (C=O) groups is 2. The summed E-state index contributed by atoms with van der Waals surface area (Å²) in [6.07, 6.45) is 0.628. The van der Waals surface area contributed by atoms with Crippen molar-refractivity contribution >= 4 is 41.1 Å². The van der Waals surface area contributed by atoms with Crippen LogP contribution < -0.4 is 15.3 Å². The Bertz CT molecular complexity index is 1540. The zero-order valence-electron chi connectivity index (χ0n) is 23.4. The number of anilines is 2. The molecule has 1 aromatic heterocycles. The van der Waals surface area contributed by atoms with E-state index in [1.807, 2.05) is 0 Å². The third-order valence-electron chi connectivity index (χ3n) is 6.64. The Morgan fingerprint density at radius 1 is 1.19 bits per heavy atom. The topological polar surface area (TPSA) is 147 Å². The maximum absolute atomic E-state index is 15.3. The summed E-state index contributed by atoms with van der Waals surface area (Å²) in [5, 5.41) is 19.0. The van der Waals surface area contributed by atoms with Crippen molar-refractivity contribution in [1.29, 1.82) is 0 Å². The summed E-state index contributed by atoms with van der Waals surface area (Å²) in [6.45, 7) is 4.11. The van der Waals surface area contributed by atoms with Crippen LogP contribution in [0.5, 0.6) is 0 Å². The number of aliphatic hydroxyl groups is 2. The average Bonchev–Trinajstić information content (AvgIpc) is 3.71. The monoisotopic (exact) mass is 617 g/mol. The van der Waals surface area contributed by atoms with Crippen molar-refractivity contribution in [2.75, 3.05) is 36.1 Å². The van der Waals surface area contributed by atoms with Crippen molar-refractivity contribution in [2.45, 2.75) is 38.1 Å². The highest BCUT2D eigenvalue weighted by atomic mass is 32.1. The normalized spacial score (nSPS) is 17.8. The molecule has 2 aromatic carbocycles. The number of nitrogens with zero attached hydrogens (tertiary/aromatic N) is 4. The Kier molecular flexibility index (Phi) is 8.34. The molecular weight excluding hydrogens is 588 g/mol. The molecule has 5 rings (SSSR count). The Balaban J connectivity index is 1.31. The number of hydrogen-bond donors (Lipinski definition) is 3. The number of carbonyl (C=O) groups excluding carboxylic acids is 2. The first-order valence-electron chi connectivity index (χ1n) is 13.2. The van der Waals surface area contributed by atoms with E-state index in [-0.39, 0.29) is 35.7 Å². The van der Waals surface area contributed by atoms with Crippen LogP contribution in [-0.4, -0.2) is 74.8 Å². The van der Waals surface area contributed by atoms with Gasteiger partial charge < -0.3 is 19.7 Å². The summed E-state index contributed by atoms with van der Waals surface area (Å²) in [5.41, 5.74) is 1.28. The number of aromatic nitrogens is 2. The molecule has 0 spiro atoms. The van der Waals surface area contributed by atoms with Crippen LogP contribution in [0.4, 0.5) is 29.9 Å². The van der Waals surface area contributed by atoms with E-state index in [2.05, 4.69) is 14.2 Å². The van der Waals surface area contributed by atoms with Crippen molar-refractivity contribution < 1.29 is 42.9 Å². The van der Waals surface area contributed by atoms with Gasteiger partial charge in [-0.15, -0.1) is 0 Å². The van der Waals surface area contributed by atoms with E-state index < -0.39 is 54.3 Å². The van der Waals surface area contributed by atoms with Crippen LogP contribution in [0.15, 0.2) is 48.7 Å². The summed E-state index contributed by atoms with van der Waals surface area (Å²) in [7, 11) is 0. The molecule has 15 heteroatoms. The number of cyclic esters (lactones) is 1. The van der Waals surface area contributed by atoms with E-state index in [0.717, 1.165) is 17.8 Å². The number of aliphatic hydroxyl groups excluding tert-OH is 2. The molecule has 0 bridgehead atoms. The van der Waals surface area contributed by atoms with Crippen molar-refractivity contribution in [2.24, 2.45) is 0 Å². The molecule has 3 N–H and O–H groups in total. The van der Waals surface area contributed by atoms with Crippen LogP contribution in [0.1, 0.15) is 26.3 Å². The van der Waals surface area contributed by atoms with Gasteiger partial charge >= 0.3 is 12.2 Å². The second-order valence-corrected chi connectivity index (χ2v) is 11.5. The van der Waals surface area contributed by atoms with Gasteiger partial charge in [0.1, 0.15) is 23.3 Å². The van der Waals surface area contributed by atoms with Crippen LogP contribution in [0.3, 0.4) is 0 Å². The molecule has 12 nitrogen and oxygen atoms in total. The van der Waals surface area contributed by atoms with Crippen LogP contribution in [0.25, 0.3) is 16.8 Å². The SMILES string of the molecule is CC(C)(C)OC(=O)N(C[C@H]1CN(c2ccc(-c3ccc(C4=CC(CO)(CO)ON4)cc3F)c(F)c2)C(=O)O1)c1cnsn1. The van der Waals surface area contributed by atoms with Gasteiger partial charge in [0.05, 0.1) is 55.6 Å². The van der Waals surface area contributed by atoms with Crippen LogP contribution in [0.2, 0.25) is 0 Å². The van der Waals surface area contributed by atoms with E-state index in [0.29, 0.717) is 11.3 Å². The summed E-state index contributed by atoms with van der Waals surface area (Å²) in [4.78, 5) is 33.3. The molecule has 0 unspecified atom stereocenters. The zero-order chi connectivity index (χ0) is 30.9. The van der Waals surface area contributed by atoms with Crippen LogP contribution >= 0.6 is 11.7 Å². The smallest absolute Gasteiger partial charge is 0.416 e. The van der Waals surface area contributed by atoms with E-state index in [1.54, 1.807) is 20.8 Å². The fourth-order valence-electron chi connectivity index (χ4n) is 4.51. The van der Waals surface area contributed by atoms with Crippen LogP contribution in [0, 0.1) is 11.6 Å². The Morgan fingerprint density at radius 3 is 2.47 bits per heavy atom. The molecule has 0 radical (unpaired) electrons. The molecule has 1 atom stereocenters. The third kappa shape index (κ3) is 6.44. The number of halogens is 2. The summed E-state index contributed by atoms with van der Waals surface area (Å²) in [5.74, 6) is -1.26. The van der Waals surface area contributed by atoms with Gasteiger partial charge in [-0.3, -0.25) is 20.1 Å². The van der Waals surface area contributed by atoms with E-state index in [1.165, 1.54) is 52.4 Å². The highest BCUT2D eigenvalue weighted by molar-refractivity contribution is 6.99. The van der Waals surface area contributed by atoms with Gasteiger partial charge in [-0.05, 0) is 51.1 Å². The number of hydroxylamine groups is 1. The van der Waals surface area contributed by atoms with E-state index >= 15 is 8.78 Å². The second-order valence-electron chi connectivity index (χ2n) is 11.0. The quantitative estimate of drug-likeness (QED) is 0.341. The molecule has 3 aromatic rings. The lowest BCUT2D eigenvalue weighted by molar-refractivity contribution is -0.0922. The summed E-state index contributed by atoms with van der Waals surface area (Å²) in [6, 6.07) is 8.03. The number of hydrogen-bond acceptors (Lipinski definition) is 11. The van der Waals surface area contributed by atoms with Gasteiger partial charge in [-0.1, -0.05) is 12.1 Å². The van der Waals surface area contributed by atoms with Gasteiger partial charge in [0.2, 0.25) is 0 Å². The van der Waals surface area contributed by atoms with Crippen molar-refractivity contribution in [1.82, 2.24) is 14.2 Å². The minimum absolute atomic E-state index is 0.00486. The number of amides is 2. The maximum Gasteiger partial charge on any atom is 0.416 e. The fourth-order valence-corrected chi connectivity index (χ4v) is 4.92. The predicted octanol–water partition coefficient (Wildman–Crippen LogP) is 3.85. The summed E-state index contributed by atoms with van der Waals surface area (Å²) < 4.78 is 49.4. The minimum atomic E-state index is -1.34. The van der Waals surface area contributed by atoms with Gasteiger partial charge in [-0.2, -0.15) is 8.75 Å². The molecule has 228 valence electrons. The van der Waals surface area contributed by atoms with E-state index in [4.69, 9.17) is 14.3 Å². The molecule has 1 fully saturated rings. The molecule has 2 aliphatic heterocycles. The van der Waals surface area contributed by atoms with Gasteiger partial charge in [0.25, 0.3) is 0 Å². The number of ether oxygens (including phenoxy) is 2. The molecule has 0 aliphatic carbocycles. The molecule has 1 saturated heterocycles. The first kappa shape index (κ1) is 30.3. The van der Waals surface area contributed by atoms with Crippen molar-refractivity contribution in [3.8, 4) is 11.1 Å². The number of rotatable bonds is 8. The standard InChI is InChI=1S/C28H29F2N5O7S/c1-27(2,3)41-26(39)35(24-11-31-43-33-24)13-18-12-34(25(38)40-18)17-5-7-20(22(30)9-17)19-6-4-16(8-21(19)29)23-10-28(14-36,15-37)42-32-23/h4-11,18,32,36-37H,12-15H2,1-3H3/t18-/m1/s1. The largest absolute Gasteiger partial charge is 0.443 e. The van der Waals surface area contributed by atoms with Crippen LogP contribution in [-0.2, 0) is 14.3 Å². The van der Waals surface area contributed by atoms with Crippen molar-refractivity contribution in [3.05, 3.63) is 65.9 Å². The number of nitrogens with one attached hydrogen (secondary N) is 1. The lowest BCUT2D eigenvalue weighted by Crippen LogP contribution is -2.42. The highest BCUT2D eigenvalue weighted by Gasteiger charge is 2.37. The average molecular weight is 618 g/mol. The molecule has 2 aliphatic rings. The molecule has 2 amide bonds. The van der Waals surface area contributed by atoms with Gasteiger partial charge in [0.15, 0.2) is 11.4 Å². The molecule has 0 saturated carbocycles. The third-order valence-corrected chi connectivity index (χ3v) is 7.11. The highest BCUT2D eigenvalue weighted by Crippen LogP contribution is 2.33. The predicted molar refractivity (Wildman–Crippen MR) is 152 cm³/mol. The Morgan fingerprint density at radius 2 is 1.88 bits per heavy atom. The zero-order valence-corrected chi connectivity index (χ0v) is 24.2. The first-order valence-corrected chi connectivity index (χ1v) is 13.9. The lowest BCUT2D eigenvalue weighted by atomic mass is 9.99. The van der Waals surface area contributed by atoms with Gasteiger partial charge in [0, 0.05) is 16.7 Å². The molecule has 3 heterocycles. The molecular formula is C28H29F2N5O7S. The van der Waals surface area contributed by atoms with E-state index in [9.17, 15) is 19.8 Å². The minimum Gasteiger partial charge on any atom is -0.443 e. The first-order chi connectivity index (χ1) is 20.4. The summed E-state index contributed by atoms with van der Waals surface area (Å²) >= 11 is 0.904. The van der Waals surface area contributed by atoms with Crippen molar-refractivity contribution in [3.63, 3.8) is 0 Å². The Labute approximate surface area is 249 Å².